The van der Waals surface area contributed by atoms with Crippen molar-refractivity contribution in [3.8, 4) is 0 Å². The summed E-state index contributed by atoms with van der Waals surface area (Å²) < 4.78 is 5.50. The van der Waals surface area contributed by atoms with Gasteiger partial charge in [-0.3, -0.25) is 4.79 Å². The topological polar surface area (TPSA) is 55.1 Å². The van der Waals surface area contributed by atoms with Gasteiger partial charge in [0.1, 0.15) is 5.52 Å². The number of nitrogens with one attached hydrogen (secondary N) is 1. The molecule has 0 spiro atoms. The summed E-state index contributed by atoms with van der Waals surface area (Å²) >= 11 is 6.05. The van der Waals surface area contributed by atoms with E-state index >= 15 is 0 Å². The van der Waals surface area contributed by atoms with Gasteiger partial charge in [0.25, 0.3) is 5.91 Å². The quantitative estimate of drug-likeness (QED) is 0.802. The van der Waals surface area contributed by atoms with Crippen LogP contribution in [0.25, 0.3) is 11.1 Å². The summed E-state index contributed by atoms with van der Waals surface area (Å²) in [5.41, 5.74) is 3.02. The first-order valence-corrected chi connectivity index (χ1v) is 6.90. The van der Waals surface area contributed by atoms with Crippen LogP contribution in [0.5, 0.6) is 0 Å². The monoisotopic (exact) mass is 300 g/mol. The van der Waals surface area contributed by atoms with Gasteiger partial charge in [0, 0.05) is 23.3 Å². The van der Waals surface area contributed by atoms with Gasteiger partial charge < -0.3 is 9.73 Å². The van der Waals surface area contributed by atoms with E-state index in [0.29, 0.717) is 22.7 Å². The van der Waals surface area contributed by atoms with Crippen molar-refractivity contribution < 1.29 is 9.21 Å². The fourth-order valence-corrected chi connectivity index (χ4v) is 2.24. The van der Waals surface area contributed by atoms with Crippen molar-refractivity contribution in [2.75, 3.05) is 0 Å². The van der Waals surface area contributed by atoms with Crippen LogP contribution in [0.3, 0.4) is 0 Å². The second-order valence-electron chi connectivity index (χ2n) is 4.72. The average Bonchev–Trinajstić information content (AvgIpc) is 2.89. The Morgan fingerprint density at radius 2 is 2.10 bits per heavy atom. The number of aryl methyl sites for hydroxylation is 1. The van der Waals surface area contributed by atoms with Crippen molar-refractivity contribution in [2.24, 2.45) is 0 Å². The number of hydrogen-bond donors (Lipinski definition) is 1. The van der Waals surface area contributed by atoms with E-state index in [0.717, 1.165) is 11.3 Å². The molecule has 0 saturated heterocycles. The summed E-state index contributed by atoms with van der Waals surface area (Å²) in [4.78, 5) is 16.4. The molecule has 1 aromatic carbocycles. The van der Waals surface area contributed by atoms with Crippen molar-refractivity contribution in [2.45, 2.75) is 13.5 Å². The Labute approximate surface area is 126 Å². The molecular weight excluding hydrogens is 288 g/mol. The Hall–Kier alpha value is -2.33. The summed E-state index contributed by atoms with van der Waals surface area (Å²) in [7, 11) is 0. The van der Waals surface area contributed by atoms with Gasteiger partial charge in [-0.15, -0.1) is 0 Å². The number of furan rings is 1. The highest BCUT2D eigenvalue weighted by Gasteiger charge is 2.13. The van der Waals surface area contributed by atoms with Gasteiger partial charge in [-0.25, -0.2) is 4.98 Å². The average molecular weight is 301 g/mol. The minimum atomic E-state index is -0.287. The molecule has 106 valence electrons. The van der Waals surface area contributed by atoms with E-state index < -0.39 is 0 Å². The second-order valence-corrected chi connectivity index (χ2v) is 5.13. The number of fused-ring (bicyclic) bond motifs is 1. The molecular formula is C16H13ClN2O2. The molecule has 0 bridgehead atoms. The van der Waals surface area contributed by atoms with E-state index in [1.807, 2.05) is 37.3 Å². The van der Waals surface area contributed by atoms with Gasteiger partial charge in [-0.1, -0.05) is 29.8 Å². The Bertz CT molecular complexity index is 811. The standard InChI is InChI=1S/C16H13ClN2O2/c1-10-6-7-14-13(19-10)8-15(21-14)16(20)18-9-11-4-2-3-5-12(11)17/h2-8H,9H2,1H3,(H,18,20). The number of benzene rings is 1. The van der Waals surface area contributed by atoms with Gasteiger partial charge in [-0.05, 0) is 30.7 Å². The predicted octanol–water partition coefficient (Wildman–Crippen LogP) is 3.72. The van der Waals surface area contributed by atoms with Crippen molar-refractivity contribution in [3.05, 3.63) is 64.5 Å². The molecule has 0 unspecified atom stereocenters. The number of hydrogen-bond acceptors (Lipinski definition) is 3. The first kappa shape index (κ1) is 13.6. The molecule has 5 heteroatoms. The maximum atomic E-state index is 12.1. The normalized spacial score (nSPS) is 10.8. The number of halogens is 1. The molecule has 0 fully saturated rings. The molecule has 4 nitrogen and oxygen atoms in total. The Morgan fingerprint density at radius 1 is 1.29 bits per heavy atom. The van der Waals surface area contributed by atoms with E-state index in [-0.39, 0.29) is 11.7 Å². The first-order valence-electron chi connectivity index (χ1n) is 6.52. The lowest BCUT2D eigenvalue weighted by Gasteiger charge is -2.04. The molecule has 2 aromatic heterocycles. The van der Waals surface area contributed by atoms with Crippen LogP contribution in [0.1, 0.15) is 21.8 Å². The molecule has 3 rings (SSSR count). The lowest BCUT2D eigenvalue weighted by Crippen LogP contribution is -2.22. The zero-order chi connectivity index (χ0) is 14.8. The third-order valence-corrected chi connectivity index (χ3v) is 3.50. The molecule has 2 heterocycles. The van der Waals surface area contributed by atoms with Gasteiger partial charge in [-0.2, -0.15) is 0 Å². The lowest BCUT2D eigenvalue weighted by molar-refractivity contribution is 0.0925. The lowest BCUT2D eigenvalue weighted by atomic mass is 10.2. The van der Waals surface area contributed by atoms with Crippen LogP contribution < -0.4 is 5.32 Å². The van der Waals surface area contributed by atoms with Gasteiger partial charge in [0.15, 0.2) is 11.3 Å². The largest absolute Gasteiger partial charge is 0.449 e. The van der Waals surface area contributed by atoms with Crippen molar-refractivity contribution in [3.63, 3.8) is 0 Å². The summed E-state index contributed by atoms with van der Waals surface area (Å²) in [6.07, 6.45) is 0. The van der Waals surface area contributed by atoms with E-state index in [1.54, 1.807) is 12.1 Å². The minimum absolute atomic E-state index is 0.246. The molecule has 0 aliphatic heterocycles. The second kappa shape index (κ2) is 5.58. The number of pyridine rings is 1. The van der Waals surface area contributed by atoms with E-state index in [9.17, 15) is 4.79 Å². The highest BCUT2D eigenvalue weighted by Crippen LogP contribution is 2.18. The minimum Gasteiger partial charge on any atom is -0.449 e. The van der Waals surface area contributed by atoms with E-state index in [2.05, 4.69) is 10.3 Å². The summed E-state index contributed by atoms with van der Waals surface area (Å²) in [6, 6.07) is 12.7. The van der Waals surface area contributed by atoms with Crippen LogP contribution in [-0.2, 0) is 6.54 Å². The van der Waals surface area contributed by atoms with Crippen LogP contribution in [0, 0.1) is 6.92 Å². The molecule has 0 radical (unpaired) electrons. The van der Waals surface area contributed by atoms with Gasteiger partial charge >= 0.3 is 0 Å². The zero-order valence-corrected chi connectivity index (χ0v) is 12.1. The summed E-state index contributed by atoms with van der Waals surface area (Å²) in [6.45, 7) is 2.24. The molecule has 1 amide bonds. The maximum absolute atomic E-state index is 12.1. The number of aromatic nitrogens is 1. The summed E-state index contributed by atoms with van der Waals surface area (Å²) in [5, 5.41) is 3.41. The highest BCUT2D eigenvalue weighted by atomic mass is 35.5. The van der Waals surface area contributed by atoms with E-state index in [1.165, 1.54) is 0 Å². The maximum Gasteiger partial charge on any atom is 0.287 e. The Balaban J connectivity index is 1.76. The molecule has 3 aromatic rings. The molecule has 1 N–H and O–H groups in total. The van der Waals surface area contributed by atoms with Crippen molar-refractivity contribution >= 4 is 28.6 Å². The third kappa shape index (κ3) is 2.90. The number of nitrogens with zero attached hydrogens (tertiary/aromatic N) is 1. The molecule has 0 aliphatic carbocycles. The number of carbonyl (C=O) groups excluding carboxylic acids is 1. The highest BCUT2D eigenvalue weighted by molar-refractivity contribution is 6.31. The molecule has 21 heavy (non-hydrogen) atoms. The van der Waals surface area contributed by atoms with Gasteiger partial charge in [0.2, 0.25) is 0 Å². The van der Waals surface area contributed by atoms with Crippen LogP contribution in [0.15, 0.2) is 46.9 Å². The predicted molar refractivity (Wildman–Crippen MR) is 81.4 cm³/mol. The Morgan fingerprint density at radius 3 is 2.90 bits per heavy atom. The molecule has 0 saturated carbocycles. The van der Waals surface area contributed by atoms with Crippen LogP contribution in [0.2, 0.25) is 5.02 Å². The van der Waals surface area contributed by atoms with Crippen molar-refractivity contribution in [1.29, 1.82) is 0 Å². The van der Waals surface area contributed by atoms with Crippen LogP contribution in [-0.4, -0.2) is 10.9 Å². The van der Waals surface area contributed by atoms with Crippen LogP contribution >= 0.6 is 11.6 Å². The van der Waals surface area contributed by atoms with Crippen LogP contribution in [0.4, 0.5) is 0 Å². The number of rotatable bonds is 3. The smallest absolute Gasteiger partial charge is 0.287 e. The number of carbonyl (C=O) groups is 1. The van der Waals surface area contributed by atoms with Gasteiger partial charge in [0.05, 0.1) is 0 Å². The third-order valence-electron chi connectivity index (χ3n) is 3.13. The fraction of sp³-hybridized carbons (Fsp3) is 0.125. The summed E-state index contributed by atoms with van der Waals surface area (Å²) in [5.74, 6) is -0.0410. The first-order chi connectivity index (χ1) is 10.1. The van der Waals surface area contributed by atoms with Crippen molar-refractivity contribution in [1.82, 2.24) is 10.3 Å². The van der Waals surface area contributed by atoms with E-state index in [4.69, 9.17) is 16.0 Å². The zero-order valence-electron chi connectivity index (χ0n) is 11.4. The number of amides is 1. The Kier molecular flexibility index (Phi) is 3.62. The fourth-order valence-electron chi connectivity index (χ4n) is 2.04. The molecule has 0 atom stereocenters. The molecule has 0 aliphatic rings. The SMILES string of the molecule is Cc1ccc2oc(C(=O)NCc3ccccc3Cl)cc2n1.